The number of guanidine groups is 1. The second-order valence-electron chi connectivity index (χ2n) is 6.57. The normalized spacial score (nSPS) is 11.1. The van der Waals surface area contributed by atoms with Gasteiger partial charge < -0.3 is 20.1 Å². The van der Waals surface area contributed by atoms with Crippen molar-refractivity contribution in [3.8, 4) is 17.4 Å². The van der Waals surface area contributed by atoms with E-state index in [-0.39, 0.29) is 0 Å². The first-order valence-electron chi connectivity index (χ1n) is 10.1. The van der Waals surface area contributed by atoms with Crippen LogP contribution in [-0.2, 0) is 13.0 Å². The van der Waals surface area contributed by atoms with Crippen molar-refractivity contribution in [3.63, 3.8) is 0 Å². The van der Waals surface area contributed by atoms with E-state index in [0.717, 1.165) is 24.5 Å². The fourth-order valence-electron chi connectivity index (χ4n) is 2.87. The maximum atomic E-state index is 5.87. The predicted octanol–water partition coefficient (Wildman–Crippen LogP) is 4.18. The maximum absolute atomic E-state index is 5.87. The van der Waals surface area contributed by atoms with Crippen LogP contribution in [0.3, 0.4) is 0 Å². The fourth-order valence-corrected chi connectivity index (χ4v) is 2.87. The van der Waals surface area contributed by atoms with Gasteiger partial charge in [0.1, 0.15) is 0 Å². The molecule has 0 unspecified atom stereocenters. The van der Waals surface area contributed by atoms with Crippen molar-refractivity contribution in [1.29, 1.82) is 0 Å². The summed E-state index contributed by atoms with van der Waals surface area (Å²) in [4.78, 5) is 8.67. The molecule has 0 aliphatic carbocycles. The number of hydrogen-bond donors (Lipinski definition) is 2. The zero-order valence-electron chi connectivity index (χ0n) is 17.5. The Morgan fingerprint density at radius 2 is 1.67 bits per heavy atom. The quantitative estimate of drug-likeness (QED) is 0.414. The third-order valence-electron chi connectivity index (χ3n) is 4.39. The van der Waals surface area contributed by atoms with Gasteiger partial charge in [-0.1, -0.05) is 48.5 Å². The molecule has 30 heavy (non-hydrogen) atoms. The van der Waals surface area contributed by atoms with Gasteiger partial charge in [0, 0.05) is 32.4 Å². The Bertz CT molecular complexity index is 927. The molecular formula is C24H28N4O2. The van der Waals surface area contributed by atoms with Gasteiger partial charge in [0.15, 0.2) is 17.5 Å². The Kier molecular flexibility index (Phi) is 8.09. The van der Waals surface area contributed by atoms with Crippen LogP contribution >= 0.6 is 0 Å². The van der Waals surface area contributed by atoms with Crippen molar-refractivity contribution in [2.24, 2.45) is 4.99 Å². The van der Waals surface area contributed by atoms with Crippen LogP contribution in [-0.4, -0.2) is 31.1 Å². The van der Waals surface area contributed by atoms with Crippen LogP contribution in [0, 0.1) is 0 Å². The predicted molar refractivity (Wildman–Crippen MR) is 120 cm³/mol. The van der Waals surface area contributed by atoms with Crippen molar-refractivity contribution in [1.82, 2.24) is 15.6 Å². The van der Waals surface area contributed by atoms with Crippen LogP contribution in [0.5, 0.6) is 17.4 Å². The van der Waals surface area contributed by atoms with E-state index in [2.05, 4.69) is 44.9 Å². The summed E-state index contributed by atoms with van der Waals surface area (Å²) < 4.78 is 11.5. The number of nitrogens with zero attached hydrogens (tertiary/aromatic N) is 2. The van der Waals surface area contributed by atoms with E-state index in [4.69, 9.17) is 9.47 Å². The highest BCUT2D eigenvalue weighted by Crippen LogP contribution is 2.30. The summed E-state index contributed by atoms with van der Waals surface area (Å²) in [6, 6.07) is 21.8. The smallest absolute Gasteiger partial charge is 0.219 e. The van der Waals surface area contributed by atoms with Crippen LogP contribution in [0.25, 0.3) is 0 Å². The molecule has 0 aliphatic rings. The first-order chi connectivity index (χ1) is 14.8. The molecule has 1 aromatic heterocycles. The van der Waals surface area contributed by atoms with Crippen LogP contribution in [0.4, 0.5) is 0 Å². The Hall–Kier alpha value is -3.54. The Balaban J connectivity index is 1.48. The zero-order chi connectivity index (χ0) is 21.0. The molecule has 0 saturated carbocycles. The van der Waals surface area contributed by atoms with E-state index in [0.29, 0.717) is 30.5 Å². The second kappa shape index (κ2) is 11.5. The first-order valence-corrected chi connectivity index (χ1v) is 10.1. The average molecular weight is 405 g/mol. The molecule has 1 heterocycles. The highest BCUT2D eigenvalue weighted by atomic mass is 16.5. The summed E-state index contributed by atoms with van der Waals surface area (Å²) in [5.74, 6) is 2.65. The fraction of sp³-hybridized carbons (Fsp3) is 0.250. The summed E-state index contributed by atoms with van der Waals surface area (Å²) in [5.41, 5.74) is 2.33. The summed E-state index contributed by atoms with van der Waals surface area (Å²) in [6.45, 7) is 3.96. The molecule has 0 aliphatic heterocycles. The minimum atomic E-state index is 0.524. The number of benzene rings is 2. The molecule has 0 bridgehead atoms. The molecule has 0 saturated heterocycles. The summed E-state index contributed by atoms with van der Waals surface area (Å²) in [6.07, 6.45) is 2.74. The Morgan fingerprint density at radius 3 is 2.37 bits per heavy atom. The topological polar surface area (TPSA) is 67.8 Å². The van der Waals surface area contributed by atoms with Gasteiger partial charge in [-0.2, -0.15) is 0 Å². The van der Waals surface area contributed by atoms with E-state index in [1.54, 1.807) is 13.2 Å². The third-order valence-corrected chi connectivity index (χ3v) is 4.39. The highest BCUT2D eigenvalue weighted by molar-refractivity contribution is 5.79. The van der Waals surface area contributed by atoms with Crippen LogP contribution in [0.15, 0.2) is 77.9 Å². The summed E-state index contributed by atoms with van der Waals surface area (Å²) in [5, 5.41) is 6.64. The minimum absolute atomic E-state index is 0.524. The molecule has 0 fully saturated rings. The number of hydrogen-bond acceptors (Lipinski definition) is 4. The SMILES string of the molecule is CCOc1ccccc1Oc1ccc(CNC(=NC)NCCc2ccccc2)cn1. The molecule has 0 amide bonds. The molecule has 0 spiro atoms. The van der Waals surface area contributed by atoms with Crippen LogP contribution in [0.2, 0.25) is 0 Å². The van der Waals surface area contributed by atoms with Gasteiger partial charge in [-0.05, 0) is 36.6 Å². The van der Waals surface area contributed by atoms with Crippen molar-refractivity contribution in [3.05, 3.63) is 84.1 Å². The largest absolute Gasteiger partial charge is 0.490 e. The number of ether oxygens (including phenoxy) is 2. The lowest BCUT2D eigenvalue weighted by molar-refractivity contribution is 0.319. The molecule has 0 radical (unpaired) electrons. The Morgan fingerprint density at radius 1 is 0.900 bits per heavy atom. The lowest BCUT2D eigenvalue weighted by Gasteiger charge is -2.13. The van der Waals surface area contributed by atoms with Gasteiger partial charge in [0.2, 0.25) is 5.88 Å². The Labute approximate surface area is 178 Å². The zero-order valence-corrected chi connectivity index (χ0v) is 17.5. The molecule has 6 heteroatoms. The van der Waals surface area contributed by atoms with Gasteiger partial charge in [0.25, 0.3) is 0 Å². The van der Waals surface area contributed by atoms with Gasteiger partial charge >= 0.3 is 0 Å². The molecule has 3 rings (SSSR count). The number of aliphatic imine (C=N–C) groups is 1. The van der Waals surface area contributed by atoms with Crippen LogP contribution in [0.1, 0.15) is 18.1 Å². The van der Waals surface area contributed by atoms with E-state index in [9.17, 15) is 0 Å². The standard InChI is InChI=1S/C24H28N4O2/c1-3-29-21-11-7-8-12-22(21)30-23-14-13-20(17-27-23)18-28-24(25-2)26-16-15-19-9-5-4-6-10-19/h4-14,17H,3,15-16,18H2,1-2H3,(H2,25,26,28). The van der Waals surface area contributed by atoms with Crippen molar-refractivity contribution < 1.29 is 9.47 Å². The van der Waals surface area contributed by atoms with Crippen molar-refractivity contribution in [2.45, 2.75) is 19.9 Å². The lowest BCUT2D eigenvalue weighted by atomic mass is 10.1. The second-order valence-corrected chi connectivity index (χ2v) is 6.57. The summed E-state index contributed by atoms with van der Waals surface area (Å²) in [7, 11) is 1.77. The molecule has 156 valence electrons. The van der Waals surface area contributed by atoms with E-state index in [1.165, 1.54) is 5.56 Å². The van der Waals surface area contributed by atoms with Crippen LogP contribution < -0.4 is 20.1 Å². The van der Waals surface area contributed by atoms with Gasteiger partial charge in [0.05, 0.1) is 6.61 Å². The van der Waals surface area contributed by atoms with E-state index >= 15 is 0 Å². The third kappa shape index (κ3) is 6.51. The van der Waals surface area contributed by atoms with E-state index in [1.807, 2.05) is 49.4 Å². The molecule has 2 N–H and O–H groups in total. The molecule has 3 aromatic rings. The molecular weight excluding hydrogens is 376 g/mol. The maximum Gasteiger partial charge on any atom is 0.219 e. The van der Waals surface area contributed by atoms with Crippen molar-refractivity contribution >= 4 is 5.96 Å². The van der Waals surface area contributed by atoms with Gasteiger partial charge in [-0.15, -0.1) is 0 Å². The number of nitrogens with one attached hydrogen (secondary N) is 2. The van der Waals surface area contributed by atoms with Gasteiger partial charge in [-0.3, -0.25) is 4.99 Å². The van der Waals surface area contributed by atoms with E-state index < -0.39 is 0 Å². The number of aromatic nitrogens is 1. The lowest BCUT2D eigenvalue weighted by Crippen LogP contribution is -2.37. The first kappa shape index (κ1) is 21.2. The van der Waals surface area contributed by atoms with Gasteiger partial charge in [-0.25, -0.2) is 4.98 Å². The molecule has 6 nitrogen and oxygen atoms in total. The highest BCUT2D eigenvalue weighted by Gasteiger charge is 2.06. The number of rotatable bonds is 9. The number of pyridine rings is 1. The number of para-hydroxylation sites is 2. The average Bonchev–Trinajstić information content (AvgIpc) is 2.79. The van der Waals surface area contributed by atoms with Crippen molar-refractivity contribution in [2.75, 3.05) is 20.2 Å². The molecule has 2 aromatic carbocycles. The monoisotopic (exact) mass is 404 g/mol. The minimum Gasteiger partial charge on any atom is -0.490 e. The summed E-state index contributed by atoms with van der Waals surface area (Å²) >= 11 is 0. The molecule has 0 atom stereocenters.